The van der Waals surface area contributed by atoms with Crippen molar-refractivity contribution in [2.24, 2.45) is 0 Å². The highest BCUT2D eigenvalue weighted by Gasteiger charge is 2.30. The van der Waals surface area contributed by atoms with Crippen LogP contribution < -0.4 is 5.32 Å². The number of benzene rings is 1. The summed E-state index contributed by atoms with van der Waals surface area (Å²) in [5, 5.41) is 12.8. The zero-order valence-electron chi connectivity index (χ0n) is 10.5. The quantitative estimate of drug-likeness (QED) is 0.789. The SMILES string of the molecule is OC(CNCc1ncc[nH]1)c1cccc(C(F)(F)F)c1. The number of hydrogen-bond donors (Lipinski definition) is 3. The molecule has 108 valence electrons. The van der Waals surface area contributed by atoms with Crippen molar-refractivity contribution < 1.29 is 18.3 Å². The summed E-state index contributed by atoms with van der Waals surface area (Å²) in [6, 6.07) is 4.69. The lowest BCUT2D eigenvalue weighted by atomic mass is 10.1. The van der Waals surface area contributed by atoms with Gasteiger partial charge in [0.2, 0.25) is 0 Å². The van der Waals surface area contributed by atoms with E-state index in [-0.39, 0.29) is 12.1 Å². The number of aromatic nitrogens is 2. The molecule has 0 aliphatic carbocycles. The summed E-state index contributed by atoms with van der Waals surface area (Å²) in [6.07, 6.45) is -2.15. The van der Waals surface area contributed by atoms with Crippen LogP contribution in [-0.2, 0) is 12.7 Å². The third-order valence-corrected chi connectivity index (χ3v) is 2.78. The number of nitrogens with one attached hydrogen (secondary N) is 2. The molecule has 1 heterocycles. The molecule has 0 fully saturated rings. The molecule has 0 radical (unpaired) electrons. The fourth-order valence-electron chi connectivity index (χ4n) is 1.76. The Bertz CT molecular complexity index is 540. The summed E-state index contributed by atoms with van der Waals surface area (Å²) in [7, 11) is 0. The van der Waals surface area contributed by atoms with Crippen LogP contribution in [0.3, 0.4) is 0 Å². The van der Waals surface area contributed by atoms with Gasteiger partial charge in [-0.3, -0.25) is 0 Å². The van der Waals surface area contributed by atoms with Gasteiger partial charge in [0, 0.05) is 18.9 Å². The van der Waals surface area contributed by atoms with Crippen LogP contribution in [0.2, 0.25) is 0 Å². The van der Waals surface area contributed by atoms with Crippen molar-refractivity contribution in [3.05, 3.63) is 53.6 Å². The summed E-state index contributed by atoms with van der Waals surface area (Å²) in [4.78, 5) is 6.86. The van der Waals surface area contributed by atoms with Gasteiger partial charge in [-0.25, -0.2) is 4.98 Å². The molecule has 1 aromatic heterocycles. The number of aliphatic hydroxyl groups excluding tert-OH is 1. The van der Waals surface area contributed by atoms with Crippen LogP contribution >= 0.6 is 0 Å². The van der Waals surface area contributed by atoms with E-state index in [0.717, 1.165) is 12.1 Å². The number of aliphatic hydroxyl groups is 1. The number of nitrogens with zero attached hydrogens (tertiary/aromatic N) is 1. The molecule has 1 atom stereocenters. The lowest BCUT2D eigenvalue weighted by molar-refractivity contribution is -0.137. The fraction of sp³-hybridized carbons (Fsp3) is 0.308. The smallest absolute Gasteiger partial charge is 0.387 e. The van der Waals surface area contributed by atoms with Crippen molar-refractivity contribution in [2.45, 2.75) is 18.8 Å². The van der Waals surface area contributed by atoms with Gasteiger partial charge < -0.3 is 15.4 Å². The Kier molecular flexibility index (Phi) is 4.41. The summed E-state index contributed by atoms with van der Waals surface area (Å²) < 4.78 is 37.7. The first-order valence-electron chi connectivity index (χ1n) is 6.01. The summed E-state index contributed by atoms with van der Waals surface area (Å²) >= 11 is 0. The largest absolute Gasteiger partial charge is 0.416 e. The highest BCUT2D eigenvalue weighted by Crippen LogP contribution is 2.30. The molecule has 0 saturated heterocycles. The maximum atomic E-state index is 12.6. The minimum atomic E-state index is -4.41. The monoisotopic (exact) mass is 285 g/mol. The maximum Gasteiger partial charge on any atom is 0.416 e. The van der Waals surface area contributed by atoms with Gasteiger partial charge in [-0.2, -0.15) is 13.2 Å². The summed E-state index contributed by atoms with van der Waals surface area (Å²) in [5.41, 5.74) is -0.535. The predicted octanol–water partition coefficient (Wildman–Crippen LogP) is 2.25. The van der Waals surface area contributed by atoms with E-state index in [0.29, 0.717) is 12.4 Å². The number of alkyl halides is 3. The highest BCUT2D eigenvalue weighted by atomic mass is 19.4. The number of imidazole rings is 1. The zero-order valence-corrected chi connectivity index (χ0v) is 10.5. The molecule has 0 spiro atoms. The fourth-order valence-corrected chi connectivity index (χ4v) is 1.76. The van der Waals surface area contributed by atoms with Crippen molar-refractivity contribution in [1.29, 1.82) is 0 Å². The Morgan fingerprint density at radius 2 is 2.15 bits per heavy atom. The van der Waals surface area contributed by atoms with E-state index in [9.17, 15) is 18.3 Å². The Hall–Kier alpha value is -1.86. The first-order chi connectivity index (χ1) is 9.47. The number of halogens is 3. The highest BCUT2D eigenvalue weighted by molar-refractivity contribution is 5.27. The van der Waals surface area contributed by atoms with Gasteiger partial charge >= 0.3 is 6.18 Å². The number of H-pyrrole nitrogens is 1. The first kappa shape index (κ1) is 14.5. The van der Waals surface area contributed by atoms with Gasteiger partial charge in [0.15, 0.2) is 0 Å². The second-order valence-corrected chi connectivity index (χ2v) is 4.31. The number of aromatic amines is 1. The lowest BCUT2D eigenvalue weighted by Crippen LogP contribution is -2.22. The molecule has 0 amide bonds. The van der Waals surface area contributed by atoms with Crippen molar-refractivity contribution in [2.75, 3.05) is 6.54 Å². The van der Waals surface area contributed by atoms with Crippen molar-refractivity contribution in [3.8, 4) is 0 Å². The van der Waals surface area contributed by atoms with E-state index >= 15 is 0 Å². The molecule has 1 aromatic carbocycles. The molecular weight excluding hydrogens is 271 g/mol. The van der Waals surface area contributed by atoms with E-state index in [2.05, 4.69) is 15.3 Å². The normalized spacial score (nSPS) is 13.4. The van der Waals surface area contributed by atoms with Gasteiger partial charge in [-0.1, -0.05) is 12.1 Å². The van der Waals surface area contributed by atoms with Gasteiger partial charge in [-0.15, -0.1) is 0 Å². The maximum absolute atomic E-state index is 12.6. The number of rotatable bonds is 5. The molecule has 7 heteroatoms. The molecule has 20 heavy (non-hydrogen) atoms. The summed E-state index contributed by atoms with van der Waals surface area (Å²) in [6.45, 7) is 0.547. The van der Waals surface area contributed by atoms with Gasteiger partial charge in [0.1, 0.15) is 5.82 Å². The molecule has 0 aliphatic heterocycles. The topological polar surface area (TPSA) is 60.9 Å². The Morgan fingerprint density at radius 1 is 1.35 bits per heavy atom. The van der Waals surface area contributed by atoms with Crippen LogP contribution in [0, 0.1) is 0 Å². The van der Waals surface area contributed by atoms with Gasteiger partial charge in [-0.05, 0) is 17.7 Å². The van der Waals surface area contributed by atoms with Crippen LogP contribution in [0.4, 0.5) is 13.2 Å². The van der Waals surface area contributed by atoms with Gasteiger partial charge in [0.25, 0.3) is 0 Å². The van der Waals surface area contributed by atoms with Crippen LogP contribution in [0.1, 0.15) is 23.1 Å². The molecule has 2 aromatic rings. The molecule has 4 nitrogen and oxygen atoms in total. The molecule has 1 unspecified atom stereocenters. The molecule has 0 saturated carbocycles. The summed E-state index contributed by atoms with van der Waals surface area (Å²) in [5.74, 6) is 0.696. The van der Waals surface area contributed by atoms with Crippen LogP contribution in [0.15, 0.2) is 36.7 Å². The molecule has 2 rings (SSSR count). The minimum absolute atomic E-state index is 0.141. The third-order valence-electron chi connectivity index (χ3n) is 2.78. The molecular formula is C13H14F3N3O. The minimum Gasteiger partial charge on any atom is -0.387 e. The Balaban J connectivity index is 1.93. The van der Waals surface area contributed by atoms with Crippen molar-refractivity contribution in [1.82, 2.24) is 15.3 Å². The van der Waals surface area contributed by atoms with Crippen molar-refractivity contribution in [3.63, 3.8) is 0 Å². The first-order valence-corrected chi connectivity index (χ1v) is 6.01. The Labute approximate surface area is 113 Å². The van der Waals surface area contributed by atoms with Crippen LogP contribution in [0.25, 0.3) is 0 Å². The third kappa shape index (κ3) is 3.82. The van der Waals surface area contributed by atoms with E-state index in [1.807, 2.05) is 0 Å². The molecule has 3 N–H and O–H groups in total. The average Bonchev–Trinajstić information content (AvgIpc) is 2.91. The molecule has 0 bridgehead atoms. The van der Waals surface area contributed by atoms with E-state index in [4.69, 9.17) is 0 Å². The lowest BCUT2D eigenvalue weighted by Gasteiger charge is -2.14. The molecule has 0 aliphatic rings. The average molecular weight is 285 g/mol. The van der Waals surface area contributed by atoms with E-state index in [1.165, 1.54) is 12.1 Å². The van der Waals surface area contributed by atoms with E-state index < -0.39 is 17.8 Å². The standard InChI is InChI=1S/C13H14F3N3O/c14-13(15,16)10-3-1-2-9(6-10)11(20)7-17-8-12-18-4-5-19-12/h1-6,11,17,20H,7-8H2,(H,18,19). The number of hydrogen-bond acceptors (Lipinski definition) is 3. The second-order valence-electron chi connectivity index (χ2n) is 4.31. The van der Waals surface area contributed by atoms with E-state index in [1.54, 1.807) is 12.4 Å². The van der Waals surface area contributed by atoms with Crippen LogP contribution in [-0.4, -0.2) is 21.6 Å². The Morgan fingerprint density at radius 3 is 2.80 bits per heavy atom. The van der Waals surface area contributed by atoms with Crippen LogP contribution in [0.5, 0.6) is 0 Å². The van der Waals surface area contributed by atoms with Gasteiger partial charge in [0.05, 0.1) is 18.2 Å². The second kappa shape index (κ2) is 6.06. The zero-order chi connectivity index (χ0) is 14.6. The van der Waals surface area contributed by atoms with Crippen molar-refractivity contribution >= 4 is 0 Å². The predicted molar refractivity (Wildman–Crippen MR) is 66.7 cm³/mol.